The maximum Gasteiger partial charge on any atom is 0.324 e. The first kappa shape index (κ1) is 14.1. The second-order valence-electron chi connectivity index (χ2n) is 4.77. The van der Waals surface area contributed by atoms with Gasteiger partial charge >= 0.3 is 5.97 Å². The van der Waals surface area contributed by atoms with E-state index in [1.807, 2.05) is 0 Å². The van der Waals surface area contributed by atoms with Crippen LogP contribution in [0.1, 0.15) is 38.2 Å². The highest BCUT2D eigenvalue weighted by atomic mass is 35.5. The number of ether oxygens (including phenoxy) is 1. The van der Waals surface area contributed by atoms with Gasteiger partial charge in [0.25, 0.3) is 0 Å². The minimum absolute atomic E-state index is 0.0560. The van der Waals surface area contributed by atoms with E-state index >= 15 is 0 Å². The summed E-state index contributed by atoms with van der Waals surface area (Å²) in [7, 11) is 0. The predicted molar refractivity (Wildman–Crippen MR) is 73.2 cm³/mol. The summed E-state index contributed by atoms with van der Waals surface area (Å²) in [5.41, 5.74) is -0.498. The average Bonchev–Trinajstić information content (AvgIpc) is 2.39. The molecule has 1 saturated carbocycles. The lowest BCUT2D eigenvalue weighted by atomic mass is 9.68. The van der Waals surface area contributed by atoms with Gasteiger partial charge in [-0.25, -0.2) is 0 Å². The van der Waals surface area contributed by atoms with Gasteiger partial charge in [0.05, 0.1) is 6.61 Å². The molecule has 19 heavy (non-hydrogen) atoms. The van der Waals surface area contributed by atoms with Gasteiger partial charge in [-0.1, -0.05) is 30.2 Å². The number of hydrogen-bond acceptors (Lipinski definition) is 3. The highest BCUT2D eigenvalue weighted by Crippen LogP contribution is 2.38. The molecular weight excluding hydrogens is 264 g/mol. The molecule has 0 aromatic heterocycles. The number of carbonyl (C=O) groups excluding carboxylic acids is 2. The predicted octanol–water partition coefficient (Wildman–Crippen LogP) is 3.28. The molecule has 1 aliphatic rings. The number of carbonyl (C=O) groups is 2. The summed E-state index contributed by atoms with van der Waals surface area (Å²) in [5, 5.41) is 0.527. The summed E-state index contributed by atoms with van der Waals surface area (Å²) >= 11 is 5.99. The van der Waals surface area contributed by atoms with Gasteiger partial charge in [-0.3, -0.25) is 9.59 Å². The molecule has 2 rings (SSSR count). The summed E-state index contributed by atoms with van der Waals surface area (Å²) in [6, 6.07) is 6.98. The van der Waals surface area contributed by atoms with Gasteiger partial charge in [-0.2, -0.15) is 0 Å². The topological polar surface area (TPSA) is 43.4 Å². The van der Waals surface area contributed by atoms with E-state index in [9.17, 15) is 9.59 Å². The van der Waals surface area contributed by atoms with Crippen molar-refractivity contribution < 1.29 is 14.3 Å². The third kappa shape index (κ3) is 2.52. The molecule has 1 atom stereocenters. The van der Waals surface area contributed by atoms with E-state index in [4.69, 9.17) is 16.3 Å². The molecule has 1 unspecified atom stereocenters. The van der Waals surface area contributed by atoms with Gasteiger partial charge in [-0.15, -0.1) is 0 Å². The fraction of sp³-hybridized carbons (Fsp3) is 0.467. The Hall–Kier alpha value is -1.35. The van der Waals surface area contributed by atoms with E-state index in [0.29, 0.717) is 23.4 Å². The Morgan fingerprint density at radius 3 is 2.84 bits per heavy atom. The number of rotatable bonds is 3. The van der Waals surface area contributed by atoms with E-state index in [1.54, 1.807) is 31.2 Å². The number of hydrogen-bond donors (Lipinski definition) is 0. The number of ketones is 1. The van der Waals surface area contributed by atoms with Crippen molar-refractivity contribution in [1.82, 2.24) is 0 Å². The summed E-state index contributed by atoms with van der Waals surface area (Å²) in [6.45, 7) is 2.02. The molecule has 0 amide bonds. The highest BCUT2D eigenvalue weighted by molar-refractivity contribution is 6.30. The molecule has 0 spiro atoms. The van der Waals surface area contributed by atoms with Crippen molar-refractivity contribution >= 4 is 23.4 Å². The van der Waals surface area contributed by atoms with E-state index in [1.165, 1.54) is 0 Å². The normalized spacial score (nSPS) is 23.2. The third-order valence-corrected chi connectivity index (χ3v) is 3.86. The quantitative estimate of drug-likeness (QED) is 0.630. The van der Waals surface area contributed by atoms with Crippen LogP contribution in [0.2, 0.25) is 5.02 Å². The van der Waals surface area contributed by atoms with Gasteiger partial charge in [0.15, 0.2) is 11.2 Å². The third-order valence-electron chi connectivity index (χ3n) is 3.62. The molecule has 1 aliphatic carbocycles. The molecule has 3 nitrogen and oxygen atoms in total. The molecule has 1 aromatic carbocycles. The van der Waals surface area contributed by atoms with Crippen molar-refractivity contribution in [2.75, 3.05) is 6.61 Å². The fourth-order valence-electron chi connectivity index (χ4n) is 2.68. The second kappa shape index (κ2) is 5.74. The minimum atomic E-state index is -1.15. The summed E-state index contributed by atoms with van der Waals surface area (Å²) in [5.74, 6) is -0.499. The molecule has 0 bridgehead atoms. The van der Waals surface area contributed by atoms with Gasteiger partial charge in [-0.05, 0) is 37.5 Å². The van der Waals surface area contributed by atoms with Crippen molar-refractivity contribution in [1.29, 1.82) is 0 Å². The Morgan fingerprint density at radius 1 is 1.42 bits per heavy atom. The Balaban J connectivity index is 2.50. The highest BCUT2D eigenvalue weighted by Gasteiger charge is 2.49. The van der Waals surface area contributed by atoms with Gasteiger partial charge in [0.1, 0.15) is 0 Å². The average molecular weight is 281 g/mol. The van der Waals surface area contributed by atoms with Crippen molar-refractivity contribution in [2.24, 2.45) is 0 Å². The van der Waals surface area contributed by atoms with E-state index in [0.717, 1.165) is 12.8 Å². The summed E-state index contributed by atoms with van der Waals surface area (Å²) in [4.78, 5) is 24.8. The minimum Gasteiger partial charge on any atom is -0.465 e. The molecule has 0 heterocycles. The Morgan fingerprint density at radius 2 is 2.21 bits per heavy atom. The van der Waals surface area contributed by atoms with Gasteiger partial charge in [0, 0.05) is 11.4 Å². The maximum atomic E-state index is 12.4. The van der Waals surface area contributed by atoms with Crippen LogP contribution in [-0.4, -0.2) is 18.4 Å². The van der Waals surface area contributed by atoms with Crippen LogP contribution in [0.5, 0.6) is 0 Å². The molecule has 4 heteroatoms. The zero-order valence-electron chi connectivity index (χ0n) is 10.9. The Kier molecular flexibility index (Phi) is 4.25. The van der Waals surface area contributed by atoms with Crippen molar-refractivity contribution in [3.05, 3.63) is 34.9 Å². The fourth-order valence-corrected chi connectivity index (χ4v) is 2.87. The zero-order chi connectivity index (χ0) is 13.9. The monoisotopic (exact) mass is 280 g/mol. The van der Waals surface area contributed by atoms with E-state index in [2.05, 4.69) is 0 Å². The number of esters is 1. The van der Waals surface area contributed by atoms with E-state index < -0.39 is 11.4 Å². The smallest absolute Gasteiger partial charge is 0.324 e. The molecule has 102 valence electrons. The molecule has 0 aliphatic heterocycles. The van der Waals surface area contributed by atoms with Crippen LogP contribution >= 0.6 is 11.6 Å². The lowest BCUT2D eigenvalue weighted by Gasteiger charge is -2.33. The molecule has 1 fully saturated rings. The van der Waals surface area contributed by atoms with Crippen molar-refractivity contribution in [3.63, 3.8) is 0 Å². The number of halogens is 1. The number of Topliss-reactive ketones (excluding diaryl/α,β-unsaturated/α-hetero) is 1. The van der Waals surface area contributed by atoms with Crippen LogP contribution in [-0.2, 0) is 19.7 Å². The zero-order valence-corrected chi connectivity index (χ0v) is 11.7. The first-order chi connectivity index (χ1) is 9.11. The van der Waals surface area contributed by atoms with Gasteiger partial charge < -0.3 is 4.74 Å². The maximum absolute atomic E-state index is 12.4. The van der Waals surface area contributed by atoms with Crippen LogP contribution in [0.15, 0.2) is 24.3 Å². The van der Waals surface area contributed by atoms with Crippen LogP contribution in [0.25, 0.3) is 0 Å². The van der Waals surface area contributed by atoms with Crippen molar-refractivity contribution in [2.45, 2.75) is 38.0 Å². The molecule has 1 aromatic rings. The van der Waals surface area contributed by atoms with Gasteiger partial charge in [0.2, 0.25) is 0 Å². The SMILES string of the molecule is CCOC(=O)C1(c2cccc(Cl)c2)CCCCC1=O. The van der Waals surface area contributed by atoms with Crippen LogP contribution in [0.3, 0.4) is 0 Å². The molecule has 0 radical (unpaired) electrons. The summed E-state index contributed by atoms with van der Waals surface area (Å²) < 4.78 is 5.15. The first-order valence-electron chi connectivity index (χ1n) is 6.58. The lowest BCUT2D eigenvalue weighted by molar-refractivity contribution is -0.155. The standard InChI is InChI=1S/C15H17ClO3/c1-2-19-14(18)15(9-4-3-8-13(15)17)11-6-5-7-12(16)10-11/h5-7,10H,2-4,8-9H2,1H3. The summed E-state index contributed by atoms with van der Waals surface area (Å²) in [6.07, 6.45) is 2.61. The first-order valence-corrected chi connectivity index (χ1v) is 6.95. The second-order valence-corrected chi connectivity index (χ2v) is 5.20. The van der Waals surface area contributed by atoms with Crippen LogP contribution < -0.4 is 0 Å². The largest absolute Gasteiger partial charge is 0.465 e. The number of benzene rings is 1. The van der Waals surface area contributed by atoms with Crippen LogP contribution in [0.4, 0.5) is 0 Å². The van der Waals surface area contributed by atoms with Crippen molar-refractivity contribution in [3.8, 4) is 0 Å². The lowest BCUT2D eigenvalue weighted by Crippen LogP contribution is -2.47. The Bertz CT molecular complexity index is 498. The Labute approximate surface area is 117 Å². The molecule has 0 saturated heterocycles. The van der Waals surface area contributed by atoms with E-state index in [-0.39, 0.29) is 12.4 Å². The molecule has 0 N–H and O–H groups in total. The van der Waals surface area contributed by atoms with Crippen LogP contribution in [0, 0.1) is 0 Å². The molecular formula is C15H17ClO3.